The van der Waals surface area contributed by atoms with Crippen LogP contribution in [-0.4, -0.2) is 30.5 Å². The van der Waals surface area contributed by atoms with E-state index in [2.05, 4.69) is 27.1 Å². The lowest BCUT2D eigenvalue weighted by Gasteiger charge is -2.10. The number of unbranched alkanes of at least 4 members (excludes halogenated alkanes) is 1. The molecule has 2 N–H and O–H groups in total. The van der Waals surface area contributed by atoms with E-state index in [4.69, 9.17) is 0 Å². The van der Waals surface area contributed by atoms with Crippen LogP contribution in [-0.2, 0) is 6.42 Å². The first-order valence-corrected chi connectivity index (χ1v) is 9.21. The normalized spacial score (nSPS) is 11.0. The van der Waals surface area contributed by atoms with Gasteiger partial charge >= 0.3 is 5.69 Å². The van der Waals surface area contributed by atoms with Gasteiger partial charge in [-0.05, 0) is 30.7 Å². The number of thioether (sulfide) groups is 1. The van der Waals surface area contributed by atoms with Crippen molar-refractivity contribution in [3.63, 3.8) is 0 Å². The van der Waals surface area contributed by atoms with Gasteiger partial charge in [0.15, 0.2) is 5.16 Å². The van der Waals surface area contributed by atoms with Crippen LogP contribution >= 0.6 is 11.8 Å². The number of benzene rings is 1. The zero-order chi connectivity index (χ0) is 18.5. The van der Waals surface area contributed by atoms with E-state index in [1.807, 2.05) is 4.57 Å². The predicted octanol–water partition coefficient (Wildman–Crippen LogP) is 2.27. The second kappa shape index (κ2) is 8.13. The predicted molar refractivity (Wildman–Crippen MR) is 97.4 cm³/mol. The first-order chi connectivity index (χ1) is 12.6. The fourth-order valence-corrected chi connectivity index (χ4v) is 3.50. The van der Waals surface area contributed by atoms with Crippen LogP contribution < -0.4 is 11.2 Å². The Bertz CT molecular complexity index is 965. The molecule has 3 aromatic rings. The molecule has 3 rings (SSSR count). The first-order valence-electron chi connectivity index (χ1n) is 8.22. The number of hydrogen-bond donors (Lipinski definition) is 2. The number of nitrogens with zero attached hydrogens (tertiary/aromatic N) is 3. The summed E-state index contributed by atoms with van der Waals surface area (Å²) < 4.78 is 15.1. The highest BCUT2D eigenvalue weighted by molar-refractivity contribution is 7.99. The molecule has 0 unspecified atom stereocenters. The van der Waals surface area contributed by atoms with Gasteiger partial charge < -0.3 is 4.98 Å². The number of nitrogens with one attached hydrogen (secondary N) is 2. The van der Waals surface area contributed by atoms with E-state index in [0.29, 0.717) is 16.7 Å². The van der Waals surface area contributed by atoms with E-state index >= 15 is 0 Å². The lowest BCUT2D eigenvalue weighted by atomic mass is 10.2. The van der Waals surface area contributed by atoms with E-state index in [9.17, 15) is 14.0 Å². The third kappa shape index (κ3) is 4.29. The second-order valence-corrected chi connectivity index (χ2v) is 6.76. The molecule has 2 aromatic heterocycles. The molecule has 0 fully saturated rings. The minimum Gasteiger partial charge on any atom is -0.311 e. The largest absolute Gasteiger partial charge is 0.325 e. The average Bonchev–Trinajstić information content (AvgIpc) is 2.97. The van der Waals surface area contributed by atoms with Gasteiger partial charge in [0.25, 0.3) is 5.56 Å². The molecule has 0 spiro atoms. The van der Waals surface area contributed by atoms with E-state index in [0.717, 1.165) is 24.3 Å². The summed E-state index contributed by atoms with van der Waals surface area (Å²) in [7, 11) is 0. The maximum atomic E-state index is 13.3. The molecule has 26 heavy (non-hydrogen) atoms. The first kappa shape index (κ1) is 18.1. The molecule has 0 bridgehead atoms. The molecule has 2 heterocycles. The summed E-state index contributed by atoms with van der Waals surface area (Å²) in [5, 5.41) is 9.13. The van der Waals surface area contributed by atoms with Crippen molar-refractivity contribution in [3.05, 3.63) is 68.5 Å². The zero-order valence-electron chi connectivity index (χ0n) is 14.2. The highest BCUT2D eigenvalue weighted by Crippen LogP contribution is 2.24. The van der Waals surface area contributed by atoms with Crippen LogP contribution in [0, 0.1) is 5.82 Å². The van der Waals surface area contributed by atoms with Gasteiger partial charge in [-0.1, -0.05) is 25.1 Å². The zero-order valence-corrected chi connectivity index (χ0v) is 15.0. The molecule has 0 saturated heterocycles. The Hall–Kier alpha value is -2.68. The summed E-state index contributed by atoms with van der Waals surface area (Å²) in [6, 6.07) is 7.34. The van der Waals surface area contributed by atoms with Crippen LogP contribution in [0.3, 0.4) is 0 Å². The Morgan fingerprint density at radius 1 is 1.15 bits per heavy atom. The summed E-state index contributed by atoms with van der Waals surface area (Å²) in [5.41, 5.74) is 0.101. The molecule has 1 aromatic carbocycles. The molecule has 0 radical (unpaired) electrons. The highest BCUT2D eigenvalue weighted by Gasteiger charge is 2.15. The van der Waals surface area contributed by atoms with Gasteiger partial charge in [0, 0.05) is 29.6 Å². The molecule has 7 nitrogen and oxygen atoms in total. The molecule has 0 aliphatic rings. The van der Waals surface area contributed by atoms with E-state index in [1.165, 1.54) is 18.2 Å². The molecule has 0 aliphatic heterocycles. The van der Waals surface area contributed by atoms with Crippen LogP contribution in [0.2, 0.25) is 0 Å². The lowest BCUT2D eigenvalue weighted by molar-refractivity contribution is 0.627. The second-order valence-electron chi connectivity index (χ2n) is 5.70. The van der Waals surface area contributed by atoms with Crippen molar-refractivity contribution >= 4 is 11.8 Å². The van der Waals surface area contributed by atoms with Gasteiger partial charge in [-0.15, -0.1) is 10.2 Å². The van der Waals surface area contributed by atoms with Gasteiger partial charge in [0.1, 0.15) is 11.6 Å². The molecule has 0 aliphatic carbocycles. The Morgan fingerprint density at radius 3 is 2.62 bits per heavy atom. The summed E-state index contributed by atoms with van der Waals surface area (Å²) in [5.74, 6) is 1.11. The summed E-state index contributed by atoms with van der Waals surface area (Å²) >= 11 is 1.56. The number of rotatable bonds is 7. The molecule has 9 heteroatoms. The van der Waals surface area contributed by atoms with Crippen molar-refractivity contribution in [2.45, 2.75) is 31.3 Å². The minimum absolute atomic E-state index is 0.220. The monoisotopic (exact) mass is 375 g/mol. The number of H-pyrrole nitrogens is 2. The average molecular weight is 375 g/mol. The molecule has 136 valence electrons. The fourth-order valence-electron chi connectivity index (χ4n) is 2.45. The Morgan fingerprint density at radius 2 is 1.92 bits per heavy atom. The topological polar surface area (TPSA) is 96.4 Å². The van der Waals surface area contributed by atoms with Crippen molar-refractivity contribution in [3.8, 4) is 5.69 Å². The van der Waals surface area contributed by atoms with E-state index < -0.39 is 11.2 Å². The molecule has 0 saturated carbocycles. The molecular formula is C17H18FN5O2S. The molecule has 0 atom stereocenters. The number of aromatic nitrogens is 5. The van der Waals surface area contributed by atoms with Crippen molar-refractivity contribution in [1.29, 1.82) is 0 Å². The summed E-state index contributed by atoms with van der Waals surface area (Å²) in [6.45, 7) is 2.11. The Balaban J connectivity index is 1.99. The highest BCUT2D eigenvalue weighted by atomic mass is 32.2. The van der Waals surface area contributed by atoms with Crippen LogP contribution in [0.5, 0.6) is 0 Å². The molecular weight excluding hydrogens is 357 g/mol. The number of hydrogen-bond acceptors (Lipinski definition) is 5. The smallest absolute Gasteiger partial charge is 0.311 e. The standard InChI is InChI=1S/C17H18FN5O2S/c1-2-3-8-26-17-22-21-14(9-12-10-15(24)20-16(25)19-12)23(17)13-6-4-11(18)5-7-13/h4-7,10H,2-3,8-9H2,1H3,(H2,19,20,24,25). The molecule has 0 amide bonds. The summed E-state index contributed by atoms with van der Waals surface area (Å²) in [4.78, 5) is 27.7. The quantitative estimate of drug-likeness (QED) is 0.488. The third-order valence-electron chi connectivity index (χ3n) is 3.68. The summed E-state index contributed by atoms with van der Waals surface area (Å²) in [6.07, 6.45) is 2.33. The number of halogens is 1. The number of aromatic amines is 2. The maximum absolute atomic E-state index is 13.3. The van der Waals surface area contributed by atoms with Crippen molar-refractivity contribution in [2.24, 2.45) is 0 Å². The SMILES string of the molecule is CCCCSc1nnc(Cc2cc(=O)[nH]c(=O)[nH]2)n1-c1ccc(F)cc1. The van der Waals surface area contributed by atoms with Crippen LogP contribution in [0.25, 0.3) is 5.69 Å². The van der Waals surface area contributed by atoms with Crippen LogP contribution in [0.4, 0.5) is 4.39 Å². The Kier molecular flexibility index (Phi) is 5.67. The van der Waals surface area contributed by atoms with Gasteiger partial charge in [0.05, 0.1) is 0 Å². The van der Waals surface area contributed by atoms with Crippen molar-refractivity contribution in [2.75, 3.05) is 5.75 Å². The fraction of sp³-hybridized carbons (Fsp3) is 0.294. The van der Waals surface area contributed by atoms with Gasteiger partial charge in [0.2, 0.25) is 0 Å². The van der Waals surface area contributed by atoms with Crippen LogP contribution in [0.15, 0.2) is 45.1 Å². The van der Waals surface area contributed by atoms with Gasteiger partial charge in [-0.25, -0.2) is 9.18 Å². The lowest BCUT2D eigenvalue weighted by Crippen LogP contribution is -2.23. The maximum Gasteiger partial charge on any atom is 0.325 e. The van der Waals surface area contributed by atoms with Gasteiger partial charge in [-0.2, -0.15) is 0 Å². The Labute approximate surface area is 152 Å². The van der Waals surface area contributed by atoms with Crippen molar-refractivity contribution in [1.82, 2.24) is 24.7 Å². The minimum atomic E-state index is -0.571. The van der Waals surface area contributed by atoms with E-state index in [-0.39, 0.29) is 12.2 Å². The van der Waals surface area contributed by atoms with E-state index in [1.54, 1.807) is 23.9 Å². The van der Waals surface area contributed by atoms with Crippen LogP contribution in [0.1, 0.15) is 31.3 Å². The van der Waals surface area contributed by atoms with Crippen molar-refractivity contribution < 1.29 is 4.39 Å². The van der Waals surface area contributed by atoms with Gasteiger partial charge in [-0.3, -0.25) is 14.3 Å². The third-order valence-corrected chi connectivity index (χ3v) is 4.69.